The van der Waals surface area contributed by atoms with E-state index in [4.69, 9.17) is 4.74 Å². The molecule has 0 aromatic heterocycles. The number of carbonyl (C=O) groups excluding carboxylic acids is 1. The molecule has 104 valence electrons. The standard InChI is InChI=1S/C14H18BrNO3/c1-14(2)9-16(8-12(7-15)19-14)13(18)10-3-5-11(17)6-4-10/h3-6,12,17H,7-9H2,1-2H3. The van der Waals surface area contributed by atoms with Gasteiger partial charge in [0.2, 0.25) is 0 Å². The van der Waals surface area contributed by atoms with Gasteiger partial charge >= 0.3 is 0 Å². The summed E-state index contributed by atoms with van der Waals surface area (Å²) in [6.45, 7) is 5.11. The predicted molar refractivity (Wildman–Crippen MR) is 76.8 cm³/mol. The molecule has 0 bridgehead atoms. The Labute approximate surface area is 121 Å². The Morgan fingerprint density at radius 1 is 1.47 bits per heavy atom. The number of nitrogens with zero attached hydrogens (tertiary/aromatic N) is 1. The molecular formula is C14H18BrNO3. The Hall–Kier alpha value is -1.07. The van der Waals surface area contributed by atoms with Crippen molar-refractivity contribution in [3.05, 3.63) is 29.8 Å². The minimum Gasteiger partial charge on any atom is -0.508 e. The van der Waals surface area contributed by atoms with Gasteiger partial charge in [-0.1, -0.05) is 15.9 Å². The fraction of sp³-hybridized carbons (Fsp3) is 0.500. The Balaban J connectivity index is 2.16. The van der Waals surface area contributed by atoms with Crippen LogP contribution in [-0.2, 0) is 4.74 Å². The summed E-state index contributed by atoms with van der Waals surface area (Å²) < 4.78 is 5.88. The molecule has 1 fully saturated rings. The van der Waals surface area contributed by atoms with E-state index in [0.717, 1.165) is 0 Å². The Morgan fingerprint density at radius 2 is 2.11 bits per heavy atom. The molecule has 0 radical (unpaired) electrons. The van der Waals surface area contributed by atoms with Crippen LogP contribution in [0.1, 0.15) is 24.2 Å². The van der Waals surface area contributed by atoms with E-state index in [1.807, 2.05) is 18.7 Å². The lowest BCUT2D eigenvalue weighted by Gasteiger charge is -2.42. The van der Waals surface area contributed by atoms with Crippen LogP contribution in [0.25, 0.3) is 0 Å². The average Bonchev–Trinajstić information content (AvgIpc) is 2.37. The number of alkyl halides is 1. The zero-order valence-corrected chi connectivity index (χ0v) is 12.7. The summed E-state index contributed by atoms with van der Waals surface area (Å²) in [4.78, 5) is 14.2. The van der Waals surface area contributed by atoms with Crippen molar-refractivity contribution in [3.63, 3.8) is 0 Å². The first-order valence-electron chi connectivity index (χ1n) is 6.23. The lowest BCUT2D eigenvalue weighted by Crippen LogP contribution is -2.55. The lowest BCUT2D eigenvalue weighted by atomic mass is 10.0. The molecule has 1 aromatic rings. The topological polar surface area (TPSA) is 49.8 Å². The number of hydrogen-bond acceptors (Lipinski definition) is 3. The summed E-state index contributed by atoms with van der Waals surface area (Å²) in [5.41, 5.74) is 0.243. The van der Waals surface area contributed by atoms with Gasteiger partial charge in [-0.15, -0.1) is 0 Å². The van der Waals surface area contributed by atoms with Gasteiger partial charge in [-0.3, -0.25) is 4.79 Å². The van der Waals surface area contributed by atoms with Gasteiger partial charge in [0.15, 0.2) is 0 Å². The van der Waals surface area contributed by atoms with Gasteiger partial charge in [0.1, 0.15) is 5.75 Å². The molecular weight excluding hydrogens is 310 g/mol. The highest BCUT2D eigenvalue weighted by Gasteiger charge is 2.35. The zero-order chi connectivity index (χ0) is 14.0. The van der Waals surface area contributed by atoms with E-state index in [0.29, 0.717) is 24.0 Å². The van der Waals surface area contributed by atoms with Gasteiger partial charge in [-0.25, -0.2) is 0 Å². The Bertz CT molecular complexity index is 458. The number of amides is 1. The van der Waals surface area contributed by atoms with Crippen molar-refractivity contribution < 1.29 is 14.6 Å². The third kappa shape index (κ3) is 3.48. The molecule has 5 heteroatoms. The minimum absolute atomic E-state index is 0.00446. The number of carbonyl (C=O) groups is 1. The fourth-order valence-corrected chi connectivity index (χ4v) is 2.65. The highest BCUT2D eigenvalue weighted by atomic mass is 79.9. The van der Waals surface area contributed by atoms with Crippen LogP contribution >= 0.6 is 15.9 Å². The third-order valence-corrected chi connectivity index (χ3v) is 3.78. The first kappa shape index (κ1) is 14.3. The van der Waals surface area contributed by atoms with Gasteiger partial charge in [0.05, 0.1) is 11.7 Å². The molecule has 1 aliphatic heterocycles. The number of rotatable bonds is 2. The lowest BCUT2D eigenvalue weighted by molar-refractivity contribution is -0.116. The molecule has 0 saturated carbocycles. The van der Waals surface area contributed by atoms with Gasteiger partial charge < -0.3 is 14.7 Å². The average molecular weight is 328 g/mol. The van der Waals surface area contributed by atoms with Gasteiger partial charge in [0, 0.05) is 24.0 Å². The molecule has 1 amide bonds. The molecule has 1 saturated heterocycles. The van der Waals surface area contributed by atoms with E-state index < -0.39 is 0 Å². The van der Waals surface area contributed by atoms with E-state index in [1.54, 1.807) is 12.1 Å². The second-order valence-electron chi connectivity index (χ2n) is 5.39. The normalized spacial score (nSPS) is 22.3. The maximum absolute atomic E-state index is 12.4. The summed E-state index contributed by atoms with van der Waals surface area (Å²) in [6.07, 6.45) is 0.00446. The molecule has 1 aliphatic rings. The summed E-state index contributed by atoms with van der Waals surface area (Å²) in [5, 5.41) is 9.97. The highest BCUT2D eigenvalue weighted by Crippen LogP contribution is 2.23. The van der Waals surface area contributed by atoms with Crippen molar-refractivity contribution >= 4 is 21.8 Å². The van der Waals surface area contributed by atoms with Crippen molar-refractivity contribution in [2.24, 2.45) is 0 Å². The molecule has 1 aromatic carbocycles. The monoisotopic (exact) mass is 327 g/mol. The van der Waals surface area contributed by atoms with Crippen molar-refractivity contribution in [1.82, 2.24) is 4.90 Å². The van der Waals surface area contributed by atoms with Crippen molar-refractivity contribution in [1.29, 1.82) is 0 Å². The van der Waals surface area contributed by atoms with Crippen molar-refractivity contribution in [3.8, 4) is 5.75 Å². The second-order valence-corrected chi connectivity index (χ2v) is 6.03. The second kappa shape index (κ2) is 5.51. The van der Waals surface area contributed by atoms with Crippen molar-refractivity contribution in [2.45, 2.75) is 25.6 Å². The van der Waals surface area contributed by atoms with Gasteiger partial charge in [-0.2, -0.15) is 0 Å². The molecule has 0 aliphatic carbocycles. The predicted octanol–water partition coefficient (Wildman–Crippen LogP) is 2.41. The molecule has 0 spiro atoms. The van der Waals surface area contributed by atoms with E-state index in [-0.39, 0.29) is 23.4 Å². The molecule has 1 N–H and O–H groups in total. The third-order valence-electron chi connectivity index (χ3n) is 3.05. The smallest absolute Gasteiger partial charge is 0.254 e. The number of ether oxygens (including phenoxy) is 1. The van der Waals surface area contributed by atoms with Crippen molar-refractivity contribution in [2.75, 3.05) is 18.4 Å². The summed E-state index contributed by atoms with van der Waals surface area (Å²) in [7, 11) is 0. The number of phenols is 1. The number of morpholine rings is 1. The van der Waals surface area contributed by atoms with Crippen LogP contribution in [-0.4, -0.2) is 46.0 Å². The number of halogens is 1. The molecule has 4 nitrogen and oxygen atoms in total. The summed E-state index contributed by atoms with van der Waals surface area (Å²) >= 11 is 3.41. The first-order chi connectivity index (χ1) is 8.91. The first-order valence-corrected chi connectivity index (χ1v) is 7.35. The van der Waals surface area contributed by atoms with Crippen LogP contribution < -0.4 is 0 Å². The molecule has 1 unspecified atom stereocenters. The van der Waals surface area contributed by atoms with E-state index >= 15 is 0 Å². The largest absolute Gasteiger partial charge is 0.508 e. The maximum Gasteiger partial charge on any atom is 0.254 e. The number of benzene rings is 1. The van der Waals surface area contributed by atoms with Crippen LogP contribution in [0.3, 0.4) is 0 Å². The van der Waals surface area contributed by atoms with Crippen LogP contribution in [0.2, 0.25) is 0 Å². The zero-order valence-electron chi connectivity index (χ0n) is 11.1. The van der Waals surface area contributed by atoms with Gasteiger partial charge in [0.25, 0.3) is 5.91 Å². The van der Waals surface area contributed by atoms with Crippen LogP contribution in [0.15, 0.2) is 24.3 Å². The molecule has 1 heterocycles. The molecule has 19 heavy (non-hydrogen) atoms. The Kier molecular flexibility index (Phi) is 4.16. The maximum atomic E-state index is 12.4. The van der Waals surface area contributed by atoms with E-state index in [9.17, 15) is 9.90 Å². The highest BCUT2D eigenvalue weighted by molar-refractivity contribution is 9.09. The fourth-order valence-electron chi connectivity index (χ4n) is 2.32. The summed E-state index contributed by atoms with van der Waals surface area (Å²) in [6, 6.07) is 6.34. The number of aromatic hydroxyl groups is 1. The number of phenolic OH excluding ortho intramolecular Hbond substituents is 1. The van der Waals surface area contributed by atoms with Crippen LogP contribution in [0.5, 0.6) is 5.75 Å². The quantitative estimate of drug-likeness (QED) is 0.848. The summed E-state index contributed by atoms with van der Waals surface area (Å²) in [5.74, 6) is 0.138. The molecule has 2 rings (SSSR count). The minimum atomic E-state index is -0.344. The number of hydrogen-bond donors (Lipinski definition) is 1. The van der Waals surface area contributed by atoms with Crippen LogP contribution in [0, 0.1) is 0 Å². The van der Waals surface area contributed by atoms with E-state index in [2.05, 4.69) is 15.9 Å². The van der Waals surface area contributed by atoms with Gasteiger partial charge in [-0.05, 0) is 38.1 Å². The molecule has 1 atom stereocenters. The van der Waals surface area contributed by atoms with E-state index in [1.165, 1.54) is 12.1 Å². The Morgan fingerprint density at radius 3 is 2.68 bits per heavy atom. The van der Waals surface area contributed by atoms with Crippen LogP contribution in [0.4, 0.5) is 0 Å². The SMILES string of the molecule is CC1(C)CN(C(=O)c2ccc(O)cc2)CC(CBr)O1.